The number of carboxylic acid groups (broad SMARTS) is 1. The van der Waals surface area contributed by atoms with Crippen molar-refractivity contribution in [1.82, 2.24) is 15.6 Å². The molecule has 0 bridgehead atoms. The van der Waals surface area contributed by atoms with Gasteiger partial charge in [0, 0.05) is 24.4 Å². The van der Waals surface area contributed by atoms with Crippen molar-refractivity contribution in [3.8, 4) is 0 Å². The number of nitrogens with zero attached hydrogens (tertiary/aromatic N) is 1. The first-order chi connectivity index (χ1) is 13.0. The molecule has 1 heterocycles. The van der Waals surface area contributed by atoms with E-state index >= 15 is 0 Å². The summed E-state index contributed by atoms with van der Waals surface area (Å²) in [6.45, 7) is 1.84. The third kappa shape index (κ3) is 6.22. The molecule has 0 aliphatic carbocycles. The van der Waals surface area contributed by atoms with Gasteiger partial charge in [0.1, 0.15) is 12.1 Å². The average Bonchev–Trinajstić information content (AvgIpc) is 2.68. The van der Waals surface area contributed by atoms with Gasteiger partial charge in [0.25, 0.3) is 5.91 Å². The zero-order chi connectivity index (χ0) is 19.6. The standard InChI is InChI=1S/C20H23N3O4/c1-2-7-16(20(26)27)22-19(25)17(12-14-8-6-11-21-13-14)23-18(24)15-9-4-3-5-10-15/h3-6,8-11,13,16-17H,2,7,12H2,1H3,(H,22,25)(H,23,24)(H,26,27). The van der Waals surface area contributed by atoms with E-state index in [4.69, 9.17) is 0 Å². The lowest BCUT2D eigenvalue weighted by atomic mass is 10.0. The number of carbonyl (C=O) groups excluding carboxylic acids is 2. The van der Waals surface area contributed by atoms with E-state index in [1.165, 1.54) is 0 Å². The van der Waals surface area contributed by atoms with Crippen molar-refractivity contribution in [3.63, 3.8) is 0 Å². The molecule has 2 amide bonds. The van der Waals surface area contributed by atoms with Crippen molar-refractivity contribution >= 4 is 17.8 Å². The van der Waals surface area contributed by atoms with Gasteiger partial charge in [-0.3, -0.25) is 14.6 Å². The molecule has 1 aromatic carbocycles. The number of rotatable bonds is 9. The van der Waals surface area contributed by atoms with Crippen molar-refractivity contribution < 1.29 is 19.5 Å². The molecule has 2 atom stereocenters. The van der Waals surface area contributed by atoms with Crippen LogP contribution < -0.4 is 10.6 Å². The Morgan fingerprint density at radius 1 is 1.04 bits per heavy atom. The van der Waals surface area contributed by atoms with Gasteiger partial charge in [0.2, 0.25) is 5.91 Å². The maximum Gasteiger partial charge on any atom is 0.326 e. The Morgan fingerprint density at radius 2 is 1.78 bits per heavy atom. The Balaban J connectivity index is 2.16. The number of nitrogens with one attached hydrogen (secondary N) is 2. The van der Waals surface area contributed by atoms with Gasteiger partial charge >= 0.3 is 5.97 Å². The minimum absolute atomic E-state index is 0.205. The number of aromatic nitrogens is 1. The topological polar surface area (TPSA) is 108 Å². The van der Waals surface area contributed by atoms with Gasteiger partial charge in [-0.05, 0) is 30.2 Å². The fourth-order valence-electron chi connectivity index (χ4n) is 2.61. The summed E-state index contributed by atoms with van der Waals surface area (Å²) in [5, 5.41) is 14.5. The first-order valence-electron chi connectivity index (χ1n) is 8.79. The van der Waals surface area contributed by atoms with Crippen LogP contribution in [0.4, 0.5) is 0 Å². The highest BCUT2D eigenvalue weighted by atomic mass is 16.4. The molecule has 0 spiro atoms. The molecular formula is C20H23N3O4. The highest BCUT2D eigenvalue weighted by molar-refractivity contribution is 5.98. The monoisotopic (exact) mass is 369 g/mol. The third-order valence-corrected chi connectivity index (χ3v) is 4.01. The van der Waals surface area contributed by atoms with Crippen LogP contribution in [0, 0.1) is 0 Å². The molecule has 0 aliphatic rings. The van der Waals surface area contributed by atoms with E-state index < -0.39 is 29.9 Å². The predicted molar refractivity (Wildman–Crippen MR) is 100 cm³/mol. The summed E-state index contributed by atoms with van der Waals surface area (Å²) in [7, 11) is 0. The minimum atomic E-state index is -1.10. The minimum Gasteiger partial charge on any atom is -0.480 e. The van der Waals surface area contributed by atoms with Crippen LogP contribution in [0.5, 0.6) is 0 Å². The van der Waals surface area contributed by atoms with Gasteiger partial charge in [-0.15, -0.1) is 0 Å². The van der Waals surface area contributed by atoms with Crippen molar-refractivity contribution in [2.45, 2.75) is 38.3 Å². The molecule has 2 aromatic rings. The van der Waals surface area contributed by atoms with E-state index in [1.807, 2.05) is 6.92 Å². The molecular weight excluding hydrogens is 346 g/mol. The first kappa shape index (κ1) is 20.1. The second-order valence-corrected chi connectivity index (χ2v) is 6.15. The Kier molecular flexibility index (Phi) is 7.49. The van der Waals surface area contributed by atoms with Crippen molar-refractivity contribution in [2.75, 3.05) is 0 Å². The van der Waals surface area contributed by atoms with Gasteiger partial charge in [-0.1, -0.05) is 37.6 Å². The van der Waals surface area contributed by atoms with E-state index in [2.05, 4.69) is 15.6 Å². The third-order valence-electron chi connectivity index (χ3n) is 4.01. The first-order valence-corrected chi connectivity index (χ1v) is 8.79. The zero-order valence-corrected chi connectivity index (χ0v) is 15.1. The SMILES string of the molecule is CCCC(NC(=O)C(Cc1cccnc1)NC(=O)c1ccccc1)C(=O)O. The van der Waals surface area contributed by atoms with Crippen LogP contribution in [0.15, 0.2) is 54.9 Å². The Labute approximate surface area is 157 Å². The predicted octanol–water partition coefficient (Wildman–Crippen LogP) is 1.79. The summed E-state index contributed by atoms with van der Waals surface area (Å²) in [4.78, 5) is 40.5. The lowest BCUT2D eigenvalue weighted by molar-refractivity contribution is -0.142. The molecule has 0 saturated heterocycles. The Bertz CT molecular complexity index is 765. The molecule has 0 fully saturated rings. The summed E-state index contributed by atoms with van der Waals surface area (Å²) in [6.07, 6.45) is 4.35. The summed E-state index contributed by atoms with van der Waals surface area (Å²) < 4.78 is 0. The molecule has 0 saturated carbocycles. The van der Waals surface area contributed by atoms with E-state index in [1.54, 1.807) is 54.9 Å². The quantitative estimate of drug-likeness (QED) is 0.624. The lowest BCUT2D eigenvalue weighted by Crippen LogP contribution is -2.52. The van der Waals surface area contributed by atoms with Crippen LogP contribution >= 0.6 is 0 Å². The fraction of sp³-hybridized carbons (Fsp3) is 0.300. The second-order valence-electron chi connectivity index (χ2n) is 6.15. The normalized spacial score (nSPS) is 12.6. The average molecular weight is 369 g/mol. The van der Waals surface area contributed by atoms with Crippen LogP contribution in [-0.4, -0.2) is 40.0 Å². The number of hydrogen-bond donors (Lipinski definition) is 3. The molecule has 2 unspecified atom stereocenters. The van der Waals surface area contributed by atoms with Crippen molar-refractivity contribution in [3.05, 3.63) is 66.0 Å². The van der Waals surface area contributed by atoms with Crippen molar-refractivity contribution in [2.24, 2.45) is 0 Å². The number of carbonyl (C=O) groups is 3. The molecule has 7 heteroatoms. The lowest BCUT2D eigenvalue weighted by Gasteiger charge is -2.21. The smallest absolute Gasteiger partial charge is 0.326 e. The Hall–Kier alpha value is -3.22. The van der Waals surface area contributed by atoms with E-state index in [0.717, 1.165) is 5.56 Å². The van der Waals surface area contributed by atoms with Crippen LogP contribution in [-0.2, 0) is 16.0 Å². The van der Waals surface area contributed by atoms with Crippen molar-refractivity contribution in [1.29, 1.82) is 0 Å². The van der Waals surface area contributed by atoms with Gasteiger partial charge in [0.05, 0.1) is 0 Å². The number of pyridine rings is 1. The van der Waals surface area contributed by atoms with Gasteiger partial charge in [-0.25, -0.2) is 4.79 Å². The molecule has 7 nitrogen and oxygen atoms in total. The number of carboxylic acids is 1. The van der Waals surface area contributed by atoms with Crippen LogP contribution in [0.1, 0.15) is 35.7 Å². The Morgan fingerprint density at radius 3 is 2.37 bits per heavy atom. The summed E-state index contributed by atoms with van der Waals surface area (Å²) >= 11 is 0. The molecule has 0 radical (unpaired) electrons. The molecule has 142 valence electrons. The molecule has 2 rings (SSSR count). The highest BCUT2D eigenvalue weighted by Crippen LogP contribution is 2.06. The number of benzene rings is 1. The van der Waals surface area contributed by atoms with Crippen LogP contribution in [0.3, 0.4) is 0 Å². The van der Waals surface area contributed by atoms with Gasteiger partial charge in [-0.2, -0.15) is 0 Å². The van der Waals surface area contributed by atoms with Gasteiger partial charge in [0.15, 0.2) is 0 Å². The van der Waals surface area contributed by atoms with Crippen LogP contribution in [0.25, 0.3) is 0 Å². The summed E-state index contributed by atoms with van der Waals surface area (Å²) in [6, 6.07) is 10.2. The summed E-state index contributed by atoms with van der Waals surface area (Å²) in [5.41, 5.74) is 1.18. The zero-order valence-electron chi connectivity index (χ0n) is 15.1. The van der Waals surface area contributed by atoms with E-state index in [9.17, 15) is 19.5 Å². The molecule has 27 heavy (non-hydrogen) atoms. The maximum atomic E-state index is 12.7. The second kappa shape index (κ2) is 10.1. The molecule has 0 aliphatic heterocycles. The van der Waals surface area contributed by atoms with Crippen LogP contribution in [0.2, 0.25) is 0 Å². The van der Waals surface area contributed by atoms with E-state index in [0.29, 0.717) is 18.4 Å². The number of amides is 2. The number of hydrogen-bond acceptors (Lipinski definition) is 4. The fourth-order valence-corrected chi connectivity index (χ4v) is 2.61. The maximum absolute atomic E-state index is 12.7. The molecule has 1 aromatic heterocycles. The van der Waals surface area contributed by atoms with E-state index in [-0.39, 0.29) is 6.42 Å². The van der Waals surface area contributed by atoms with Gasteiger partial charge < -0.3 is 15.7 Å². The largest absolute Gasteiger partial charge is 0.480 e. The molecule has 3 N–H and O–H groups in total. The highest BCUT2D eigenvalue weighted by Gasteiger charge is 2.26. The summed E-state index contributed by atoms with van der Waals surface area (Å²) in [5.74, 6) is -2.04. The number of aliphatic carboxylic acids is 1.